The average molecular weight is 784 g/mol. The minimum atomic E-state index is -4.38. The van der Waals surface area contributed by atoms with Crippen molar-refractivity contribution >= 4 is 40.5 Å². The van der Waals surface area contributed by atoms with Gasteiger partial charge in [0.25, 0.3) is 0 Å². The summed E-state index contributed by atoms with van der Waals surface area (Å²) in [6, 6.07) is 56.2. The summed E-state index contributed by atoms with van der Waals surface area (Å²) >= 11 is -4.38. The van der Waals surface area contributed by atoms with Crippen LogP contribution in [0.15, 0.2) is 158 Å². The predicted octanol–water partition coefficient (Wildman–Crippen LogP) is 12.4. The molecule has 0 heterocycles. The van der Waals surface area contributed by atoms with Crippen molar-refractivity contribution in [3.05, 3.63) is 191 Å². The summed E-state index contributed by atoms with van der Waals surface area (Å²) in [6.45, 7) is 0. The molecule has 2 unspecified atom stereocenters. The summed E-state index contributed by atoms with van der Waals surface area (Å²) in [6.07, 6.45) is 4.66. The fraction of sp³-hybridized carbons (Fsp3) is 0.0476. The van der Waals surface area contributed by atoms with Crippen LogP contribution in [0, 0.1) is 0 Å². The maximum atomic E-state index is 8.05. The molecule has 2 aliphatic rings. The zero-order chi connectivity index (χ0) is 30.4. The standard InChI is InChI=1S/2C21H15.2ClH.Hf/c2*1-2-6-16(7-3-1)17-10-12-18(13-11-17)21-14-19-8-4-5-9-20(19)15-21;;;/h2*1-15H;2*1H;/q;;;;+2/p-2. The summed E-state index contributed by atoms with van der Waals surface area (Å²) < 4.78 is -0.0227. The Hall–Kier alpha value is -3.75. The quantitative estimate of drug-likeness (QED) is 0.148. The van der Waals surface area contributed by atoms with Crippen LogP contribution in [-0.2, 0) is 17.6 Å². The topological polar surface area (TPSA) is 0 Å². The third-order valence-electron chi connectivity index (χ3n) is 9.28. The average Bonchev–Trinajstić information content (AvgIpc) is 3.70. The number of benzene rings is 6. The van der Waals surface area contributed by atoms with Gasteiger partial charge in [0.15, 0.2) is 0 Å². The maximum absolute atomic E-state index is 8.05. The van der Waals surface area contributed by atoms with E-state index in [1.54, 1.807) is 0 Å². The predicted molar refractivity (Wildman–Crippen MR) is 190 cm³/mol. The summed E-state index contributed by atoms with van der Waals surface area (Å²) in [5.74, 6) is 0. The number of allylic oxidation sites excluding steroid dienone is 2. The molecule has 6 aromatic rings. The number of fused-ring (bicyclic) bond motifs is 2. The molecule has 0 amide bonds. The molecule has 6 aromatic carbocycles. The van der Waals surface area contributed by atoms with Gasteiger partial charge in [-0.15, -0.1) is 0 Å². The van der Waals surface area contributed by atoms with Crippen LogP contribution < -0.4 is 0 Å². The first-order valence-electron chi connectivity index (χ1n) is 15.4. The number of hydrogen-bond acceptors (Lipinski definition) is 0. The zero-order valence-electron chi connectivity index (χ0n) is 24.6. The van der Waals surface area contributed by atoms with Crippen LogP contribution in [-0.4, -0.2) is 0 Å². The Bertz CT molecular complexity index is 1910. The van der Waals surface area contributed by atoms with Crippen molar-refractivity contribution in [2.24, 2.45) is 0 Å². The molecule has 0 aromatic heterocycles. The number of rotatable bonds is 6. The SMILES string of the molecule is [Cl][Hf]([Cl])([CH]1C(c2ccc(-c3ccccc3)cc2)=Cc2ccccc21)[CH]1C(c2ccc(-c3ccccc3)cc2)=Cc2ccccc21. The van der Waals surface area contributed by atoms with Gasteiger partial charge >= 0.3 is 279 Å². The van der Waals surface area contributed by atoms with Crippen LogP contribution in [0.2, 0.25) is 0 Å². The second-order valence-corrected chi connectivity index (χ2v) is 32.7. The van der Waals surface area contributed by atoms with Crippen molar-refractivity contribution in [3.8, 4) is 22.3 Å². The Kier molecular flexibility index (Phi) is 7.58. The Morgan fingerprint density at radius 2 is 0.644 bits per heavy atom. The first-order chi connectivity index (χ1) is 22.1. The second kappa shape index (κ2) is 11.9. The van der Waals surface area contributed by atoms with Crippen LogP contribution in [0.4, 0.5) is 0 Å². The van der Waals surface area contributed by atoms with Crippen LogP contribution in [0.5, 0.6) is 0 Å². The van der Waals surface area contributed by atoms with Crippen molar-refractivity contribution in [2.75, 3.05) is 0 Å². The van der Waals surface area contributed by atoms with E-state index in [1.807, 2.05) is 0 Å². The van der Waals surface area contributed by atoms with Crippen molar-refractivity contribution in [1.82, 2.24) is 0 Å². The van der Waals surface area contributed by atoms with Gasteiger partial charge in [-0.25, -0.2) is 0 Å². The molecule has 216 valence electrons. The van der Waals surface area contributed by atoms with Gasteiger partial charge in [0.2, 0.25) is 0 Å². The van der Waals surface area contributed by atoms with Gasteiger partial charge in [-0.2, -0.15) is 0 Å². The van der Waals surface area contributed by atoms with Crippen molar-refractivity contribution < 1.29 is 17.6 Å². The van der Waals surface area contributed by atoms with E-state index in [9.17, 15) is 0 Å². The molecule has 0 spiro atoms. The van der Waals surface area contributed by atoms with E-state index in [0.29, 0.717) is 0 Å². The van der Waals surface area contributed by atoms with Gasteiger partial charge in [-0.05, 0) is 0 Å². The summed E-state index contributed by atoms with van der Waals surface area (Å²) in [5, 5.41) is 0. The van der Waals surface area contributed by atoms with E-state index in [1.165, 1.54) is 66.8 Å². The van der Waals surface area contributed by atoms with E-state index >= 15 is 0 Å². The third kappa shape index (κ3) is 5.22. The fourth-order valence-corrected chi connectivity index (χ4v) is 25.7. The first-order valence-corrected chi connectivity index (χ1v) is 28.4. The van der Waals surface area contributed by atoms with Gasteiger partial charge < -0.3 is 0 Å². The summed E-state index contributed by atoms with van der Waals surface area (Å²) in [5.41, 5.74) is 14.6. The van der Waals surface area contributed by atoms with Gasteiger partial charge in [-0.3, -0.25) is 0 Å². The van der Waals surface area contributed by atoms with E-state index in [-0.39, 0.29) is 7.35 Å². The third-order valence-corrected chi connectivity index (χ3v) is 26.4. The Morgan fingerprint density at radius 3 is 1.04 bits per heavy atom. The van der Waals surface area contributed by atoms with Crippen LogP contribution in [0.1, 0.15) is 40.7 Å². The molecule has 45 heavy (non-hydrogen) atoms. The molecule has 0 bridgehead atoms. The first kappa shape index (κ1) is 28.7. The summed E-state index contributed by atoms with van der Waals surface area (Å²) in [4.78, 5) is 0. The Balaban J connectivity index is 1.21. The van der Waals surface area contributed by atoms with Gasteiger partial charge in [0.1, 0.15) is 0 Å². The van der Waals surface area contributed by atoms with Crippen molar-refractivity contribution in [1.29, 1.82) is 0 Å². The van der Waals surface area contributed by atoms with Crippen molar-refractivity contribution in [3.63, 3.8) is 0 Å². The van der Waals surface area contributed by atoms with Crippen LogP contribution in [0.3, 0.4) is 0 Å². The van der Waals surface area contributed by atoms with Crippen LogP contribution >= 0.6 is 17.2 Å². The number of halogens is 2. The number of hydrogen-bond donors (Lipinski definition) is 0. The van der Waals surface area contributed by atoms with E-state index in [2.05, 4.69) is 170 Å². The molecule has 0 radical (unpaired) electrons. The molecule has 0 saturated heterocycles. The van der Waals surface area contributed by atoms with Gasteiger partial charge in [-0.1, -0.05) is 0 Å². The normalized spacial score (nSPS) is 16.9. The molecule has 0 saturated carbocycles. The van der Waals surface area contributed by atoms with E-state index in [0.717, 1.165) is 0 Å². The Labute approximate surface area is 276 Å². The molecule has 3 heteroatoms. The second-order valence-electron chi connectivity index (χ2n) is 11.9. The molecule has 0 nitrogen and oxygen atoms in total. The van der Waals surface area contributed by atoms with E-state index < -0.39 is 17.6 Å². The molecular weight excluding hydrogens is 754 g/mol. The Morgan fingerprint density at radius 1 is 0.333 bits per heavy atom. The minimum absolute atomic E-state index is 0.0113. The van der Waals surface area contributed by atoms with Crippen molar-refractivity contribution in [2.45, 2.75) is 7.35 Å². The molecule has 8 rings (SSSR count). The monoisotopic (exact) mass is 784 g/mol. The molecule has 0 aliphatic heterocycles. The van der Waals surface area contributed by atoms with E-state index in [4.69, 9.17) is 17.2 Å². The molecular formula is C42H30Cl2Hf. The molecule has 2 aliphatic carbocycles. The van der Waals surface area contributed by atoms with Gasteiger partial charge in [0, 0.05) is 0 Å². The molecule has 2 atom stereocenters. The summed E-state index contributed by atoms with van der Waals surface area (Å²) in [7, 11) is 16.1. The fourth-order valence-electron chi connectivity index (χ4n) is 7.11. The van der Waals surface area contributed by atoms with Crippen LogP contribution in [0.25, 0.3) is 45.6 Å². The molecule has 0 N–H and O–H groups in total. The zero-order valence-corrected chi connectivity index (χ0v) is 29.7. The molecule has 0 fully saturated rings. The van der Waals surface area contributed by atoms with Gasteiger partial charge in [0.05, 0.1) is 0 Å².